The first-order valence-electron chi connectivity index (χ1n) is 5.41. The molecular formula is C11H14N2O5. The van der Waals surface area contributed by atoms with Crippen molar-refractivity contribution < 1.29 is 14.3 Å². The molecule has 2 N–H and O–H groups in total. The van der Waals surface area contributed by atoms with E-state index in [1.54, 1.807) is 13.8 Å². The molecule has 7 nitrogen and oxygen atoms in total. The van der Waals surface area contributed by atoms with Crippen molar-refractivity contribution in [3.05, 3.63) is 38.9 Å². The molecule has 0 aliphatic heterocycles. The summed E-state index contributed by atoms with van der Waals surface area (Å²) in [6.45, 7) is 3.91. The molecule has 0 aliphatic rings. The van der Waals surface area contributed by atoms with E-state index in [1.807, 2.05) is 4.98 Å². The van der Waals surface area contributed by atoms with Gasteiger partial charge in [-0.2, -0.15) is 0 Å². The van der Waals surface area contributed by atoms with Gasteiger partial charge in [-0.15, -0.1) is 0 Å². The van der Waals surface area contributed by atoms with Gasteiger partial charge in [-0.05, 0) is 13.8 Å². The zero-order chi connectivity index (χ0) is 13.5. The van der Waals surface area contributed by atoms with Crippen LogP contribution < -0.4 is 11.2 Å². The Morgan fingerprint density at radius 1 is 1.28 bits per heavy atom. The second kappa shape index (κ2) is 6.43. The third-order valence-corrected chi connectivity index (χ3v) is 1.91. The molecule has 0 radical (unpaired) electrons. The van der Waals surface area contributed by atoms with Crippen LogP contribution in [0.2, 0.25) is 0 Å². The van der Waals surface area contributed by atoms with Crippen LogP contribution in [0.3, 0.4) is 0 Å². The summed E-state index contributed by atoms with van der Waals surface area (Å²) in [6.07, 6.45) is 1.16. The molecule has 98 valence electrons. The second-order valence-corrected chi connectivity index (χ2v) is 3.21. The summed E-state index contributed by atoms with van der Waals surface area (Å²) in [4.78, 5) is 38.3. The Labute approximate surface area is 102 Å². The van der Waals surface area contributed by atoms with Gasteiger partial charge < -0.3 is 14.5 Å². The van der Waals surface area contributed by atoms with E-state index < -0.39 is 17.2 Å². The van der Waals surface area contributed by atoms with Crippen LogP contribution in [0.15, 0.2) is 21.9 Å². The van der Waals surface area contributed by atoms with E-state index in [4.69, 9.17) is 9.47 Å². The molecule has 0 aromatic carbocycles. The molecule has 0 fully saturated rings. The van der Waals surface area contributed by atoms with Crippen LogP contribution in [0.5, 0.6) is 0 Å². The molecule has 1 heterocycles. The molecule has 0 unspecified atom stereocenters. The van der Waals surface area contributed by atoms with E-state index in [1.165, 1.54) is 0 Å². The number of carbonyl (C=O) groups excluding carboxylic acids is 1. The van der Waals surface area contributed by atoms with Crippen LogP contribution in [0.4, 0.5) is 0 Å². The lowest BCUT2D eigenvalue weighted by atomic mass is 10.2. The van der Waals surface area contributed by atoms with Crippen molar-refractivity contribution in [3.8, 4) is 0 Å². The molecular weight excluding hydrogens is 240 g/mol. The fraction of sp³-hybridized carbons (Fsp3) is 0.364. The summed E-state index contributed by atoms with van der Waals surface area (Å²) in [5.74, 6) is -0.674. The quantitative estimate of drug-likeness (QED) is 0.437. The minimum absolute atomic E-state index is 0.0121. The van der Waals surface area contributed by atoms with Crippen molar-refractivity contribution in [1.29, 1.82) is 0 Å². The molecule has 1 aromatic heterocycles. The predicted octanol–water partition coefficient (Wildman–Crippen LogP) is 0.00370. The molecule has 0 aliphatic carbocycles. The largest absolute Gasteiger partial charge is 0.501 e. The summed E-state index contributed by atoms with van der Waals surface area (Å²) < 4.78 is 9.81. The minimum Gasteiger partial charge on any atom is -0.501 e. The van der Waals surface area contributed by atoms with Gasteiger partial charge in [0.1, 0.15) is 5.57 Å². The Balaban J connectivity index is 3.21. The van der Waals surface area contributed by atoms with E-state index in [0.717, 1.165) is 12.3 Å². The van der Waals surface area contributed by atoms with Crippen molar-refractivity contribution in [2.24, 2.45) is 0 Å². The fourth-order valence-corrected chi connectivity index (χ4v) is 1.21. The summed E-state index contributed by atoms with van der Waals surface area (Å²) in [6, 6.07) is 1.09. The Morgan fingerprint density at radius 2 is 2.00 bits per heavy atom. The average Bonchev–Trinajstić information content (AvgIpc) is 2.28. The van der Waals surface area contributed by atoms with Crippen LogP contribution in [-0.4, -0.2) is 29.2 Å². The van der Waals surface area contributed by atoms with Crippen LogP contribution >= 0.6 is 0 Å². The molecule has 1 aromatic rings. The van der Waals surface area contributed by atoms with Crippen molar-refractivity contribution >= 4 is 11.5 Å². The van der Waals surface area contributed by atoms with Crippen molar-refractivity contribution in [2.45, 2.75) is 13.8 Å². The number of aromatic amines is 2. The standard InChI is InChI=1S/C11H14N2O5/c1-3-17-6-7(10(15)18-4-2)8-5-9(14)13-11(16)12-8/h5-6H,3-4H2,1-2H3,(H2,12,13,14,16)/b7-6+. The normalized spacial score (nSPS) is 11.1. The van der Waals surface area contributed by atoms with Crippen LogP contribution in [0, 0.1) is 0 Å². The third-order valence-electron chi connectivity index (χ3n) is 1.91. The monoisotopic (exact) mass is 254 g/mol. The van der Waals surface area contributed by atoms with E-state index in [2.05, 4.69) is 4.98 Å². The number of esters is 1. The van der Waals surface area contributed by atoms with Gasteiger partial charge in [-0.25, -0.2) is 9.59 Å². The second-order valence-electron chi connectivity index (χ2n) is 3.21. The zero-order valence-electron chi connectivity index (χ0n) is 10.1. The lowest BCUT2D eigenvalue weighted by molar-refractivity contribution is -0.136. The topological polar surface area (TPSA) is 101 Å². The Hall–Kier alpha value is -2.31. The Kier molecular flexibility index (Phi) is 4.91. The highest BCUT2D eigenvalue weighted by molar-refractivity contribution is 6.15. The lowest BCUT2D eigenvalue weighted by Crippen LogP contribution is -2.24. The van der Waals surface area contributed by atoms with Crippen molar-refractivity contribution in [1.82, 2.24) is 9.97 Å². The highest BCUT2D eigenvalue weighted by atomic mass is 16.5. The first-order chi connectivity index (χ1) is 8.58. The number of ether oxygens (including phenoxy) is 2. The number of H-pyrrole nitrogens is 2. The molecule has 0 saturated heterocycles. The van der Waals surface area contributed by atoms with E-state index in [9.17, 15) is 14.4 Å². The zero-order valence-corrected chi connectivity index (χ0v) is 10.1. The van der Waals surface area contributed by atoms with Gasteiger partial charge >= 0.3 is 11.7 Å². The summed E-state index contributed by atoms with van der Waals surface area (Å²) in [7, 11) is 0. The Morgan fingerprint density at radius 3 is 2.56 bits per heavy atom. The van der Waals surface area contributed by atoms with Gasteiger partial charge in [-0.3, -0.25) is 9.78 Å². The number of rotatable bonds is 5. The molecule has 0 amide bonds. The lowest BCUT2D eigenvalue weighted by Gasteiger charge is -2.06. The van der Waals surface area contributed by atoms with Gasteiger partial charge in [0.25, 0.3) is 5.56 Å². The van der Waals surface area contributed by atoms with Crippen LogP contribution in [0.25, 0.3) is 5.57 Å². The van der Waals surface area contributed by atoms with E-state index in [0.29, 0.717) is 6.61 Å². The average molecular weight is 254 g/mol. The fourth-order valence-electron chi connectivity index (χ4n) is 1.21. The first-order valence-corrected chi connectivity index (χ1v) is 5.41. The van der Waals surface area contributed by atoms with Crippen molar-refractivity contribution in [2.75, 3.05) is 13.2 Å². The van der Waals surface area contributed by atoms with Gasteiger partial charge in [0.15, 0.2) is 0 Å². The summed E-state index contributed by atoms with van der Waals surface area (Å²) >= 11 is 0. The number of carbonyl (C=O) groups is 1. The maximum atomic E-state index is 11.7. The first kappa shape index (κ1) is 13.8. The van der Waals surface area contributed by atoms with Crippen LogP contribution in [0.1, 0.15) is 19.5 Å². The summed E-state index contributed by atoms with van der Waals surface area (Å²) in [5.41, 5.74) is -1.28. The predicted molar refractivity (Wildman–Crippen MR) is 63.9 cm³/mol. The van der Waals surface area contributed by atoms with Crippen LogP contribution in [-0.2, 0) is 14.3 Å². The molecule has 0 bridgehead atoms. The third kappa shape index (κ3) is 3.62. The molecule has 0 atom stereocenters. The van der Waals surface area contributed by atoms with Gasteiger partial charge in [0.05, 0.1) is 25.2 Å². The minimum atomic E-state index is -0.704. The van der Waals surface area contributed by atoms with Gasteiger partial charge in [0.2, 0.25) is 0 Å². The number of aromatic nitrogens is 2. The molecule has 0 saturated carbocycles. The number of hydrogen-bond acceptors (Lipinski definition) is 5. The van der Waals surface area contributed by atoms with Gasteiger partial charge in [0, 0.05) is 6.07 Å². The maximum absolute atomic E-state index is 11.7. The summed E-state index contributed by atoms with van der Waals surface area (Å²) in [5, 5.41) is 0. The smallest absolute Gasteiger partial charge is 0.343 e. The van der Waals surface area contributed by atoms with E-state index in [-0.39, 0.29) is 17.9 Å². The van der Waals surface area contributed by atoms with E-state index >= 15 is 0 Å². The molecule has 1 rings (SSSR count). The Bertz CT molecular complexity index is 527. The highest BCUT2D eigenvalue weighted by Gasteiger charge is 2.15. The van der Waals surface area contributed by atoms with Crippen molar-refractivity contribution in [3.63, 3.8) is 0 Å². The molecule has 18 heavy (non-hydrogen) atoms. The molecule has 7 heteroatoms. The maximum Gasteiger partial charge on any atom is 0.343 e. The SMILES string of the molecule is CCO/C=C(/C(=O)OCC)c1cc(=O)[nH]c(=O)[nH]1. The highest BCUT2D eigenvalue weighted by Crippen LogP contribution is 2.11. The number of hydrogen-bond donors (Lipinski definition) is 2. The number of nitrogens with one attached hydrogen (secondary N) is 2. The molecule has 0 spiro atoms. The van der Waals surface area contributed by atoms with Gasteiger partial charge in [-0.1, -0.05) is 0 Å².